The van der Waals surface area contributed by atoms with Crippen LogP contribution in [0.4, 0.5) is 16.3 Å². The predicted molar refractivity (Wildman–Crippen MR) is 142 cm³/mol. The highest BCUT2D eigenvalue weighted by atomic mass is 32.1. The van der Waals surface area contributed by atoms with Crippen molar-refractivity contribution in [3.63, 3.8) is 0 Å². The standard InChI is InChI=1S/C24H29N9O4S/c1-32(8-2-7-26-24(36)31-15-5-3-14(4-6-15)16-10-38-13-30-16)9-17-19(34)20(35)23(37-17)33-12-29-18-21(25)27-11-28-22(18)33/h3-6,10-13,17,19-20,23,34-35H,2,7-9H2,1H3,(H2,25,27,28)(H2,26,31,36). The molecule has 5 rings (SSSR count). The van der Waals surface area contributed by atoms with Crippen LogP contribution in [0, 0.1) is 0 Å². The SMILES string of the molecule is CN(CCCNC(=O)Nc1ccc(-c2cscn2)cc1)CC1OC(n2cnc3c(N)ncnc32)C(O)C1O. The zero-order valence-corrected chi connectivity index (χ0v) is 21.5. The normalized spacial score (nSPS) is 21.3. The van der Waals surface area contributed by atoms with E-state index in [0.29, 0.717) is 42.9 Å². The van der Waals surface area contributed by atoms with Crippen LogP contribution in [0.25, 0.3) is 22.4 Å². The summed E-state index contributed by atoms with van der Waals surface area (Å²) in [5.41, 5.74) is 11.0. The van der Waals surface area contributed by atoms with Crippen LogP contribution in [0.15, 0.2) is 47.8 Å². The van der Waals surface area contributed by atoms with Crippen LogP contribution >= 0.6 is 11.3 Å². The molecule has 2 amide bonds. The summed E-state index contributed by atoms with van der Waals surface area (Å²) in [6.07, 6.45) is -0.276. The third-order valence-electron chi connectivity index (χ3n) is 6.36. The molecule has 0 bridgehead atoms. The lowest BCUT2D eigenvalue weighted by atomic mass is 10.1. The average Bonchev–Trinajstić information content (AvgIpc) is 3.65. The van der Waals surface area contributed by atoms with E-state index in [4.69, 9.17) is 10.5 Å². The first kappa shape index (κ1) is 25.9. The Hall–Kier alpha value is -3.69. The molecule has 4 heterocycles. The number of nitrogen functional groups attached to an aromatic ring is 1. The number of nitrogens with zero attached hydrogens (tertiary/aromatic N) is 6. The van der Waals surface area contributed by atoms with E-state index in [-0.39, 0.29) is 11.8 Å². The first-order valence-corrected chi connectivity index (χ1v) is 13.0. The fraction of sp³-hybridized carbons (Fsp3) is 0.375. The van der Waals surface area contributed by atoms with Gasteiger partial charge in [0.05, 0.1) is 17.5 Å². The summed E-state index contributed by atoms with van der Waals surface area (Å²) in [4.78, 5) is 30.8. The smallest absolute Gasteiger partial charge is 0.319 e. The minimum absolute atomic E-state index is 0.227. The monoisotopic (exact) mass is 539 g/mol. The number of ether oxygens (including phenoxy) is 1. The molecule has 4 aromatic rings. The van der Waals surface area contributed by atoms with Gasteiger partial charge in [-0.15, -0.1) is 11.3 Å². The second-order valence-electron chi connectivity index (χ2n) is 9.08. The van der Waals surface area contributed by atoms with E-state index in [1.165, 1.54) is 24.0 Å². The lowest BCUT2D eigenvalue weighted by Crippen LogP contribution is -2.39. The molecule has 38 heavy (non-hydrogen) atoms. The molecule has 0 saturated carbocycles. The lowest BCUT2D eigenvalue weighted by molar-refractivity contribution is -0.0421. The van der Waals surface area contributed by atoms with Gasteiger partial charge in [0.1, 0.15) is 30.2 Å². The maximum atomic E-state index is 12.2. The molecule has 1 fully saturated rings. The Labute approximate surface area is 222 Å². The average molecular weight is 540 g/mol. The topological polar surface area (TPSA) is 177 Å². The van der Waals surface area contributed by atoms with Gasteiger partial charge in [0.2, 0.25) is 0 Å². The van der Waals surface area contributed by atoms with Gasteiger partial charge in [-0.1, -0.05) is 12.1 Å². The summed E-state index contributed by atoms with van der Waals surface area (Å²) in [5, 5.41) is 28.9. The molecular formula is C24H29N9O4S. The van der Waals surface area contributed by atoms with Crippen molar-refractivity contribution < 1.29 is 19.7 Å². The summed E-state index contributed by atoms with van der Waals surface area (Å²) in [7, 11) is 1.89. The second kappa shape index (κ2) is 11.4. The van der Waals surface area contributed by atoms with Gasteiger partial charge >= 0.3 is 6.03 Å². The zero-order valence-electron chi connectivity index (χ0n) is 20.6. The number of hydrogen-bond acceptors (Lipinski definition) is 11. The Morgan fingerprint density at radius 3 is 2.76 bits per heavy atom. The fourth-order valence-corrected chi connectivity index (χ4v) is 4.93. The molecule has 1 aliphatic heterocycles. The highest BCUT2D eigenvalue weighted by Crippen LogP contribution is 2.32. The van der Waals surface area contributed by atoms with Gasteiger partial charge in [0, 0.05) is 29.7 Å². The van der Waals surface area contributed by atoms with Gasteiger partial charge in [-0.2, -0.15) is 0 Å². The summed E-state index contributed by atoms with van der Waals surface area (Å²) in [6.45, 7) is 1.50. The Morgan fingerprint density at radius 1 is 1.18 bits per heavy atom. The molecule has 1 aromatic carbocycles. The molecule has 1 aliphatic rings. The number of rotatable bonds is 9. The lowest BCUT2D eigenvalue weighted by Gasteiger charge is -2.22. The number of benzene rings is 1. The van der Waals surface area contributed by atoms with E-state index >= 15 is 0 Å². The van der Waals surface area contributed by atoms with Gasteiger partial charge in [0.15, 0.2) is 17.7 Å². The van der Waals surface area contributed by atoms with Crippen LogP contribution < -0.4 is 16.4 Å². The predicted octanol–water partition coefficient (Wildman–Crippen LogP) is 1.29. The highest BCUT2D eigenvalue weighted by Gasteiger charge is 2.44. The molecule has 0 radical (unpaired) electrons. The van der Waals surface area contributed by atoms with Crippen molar-refractivity contribution in [3.05, 3.63) is 47.8 Å². The number of anilines is 2. The van der Waals surface area contributed by atoms with Crippen molar-refractivity contribution in [1.29, 1.82) is 0 Å². The van der Waals surface area contributed by atoms with Crippen LogP contribution in [0.1, 0.15) is 12.6 Å². The highest BCUT2D eigenvalue weighted by molar-refractivity contribution is 7.07. The Balaban J connectivity index is 1.05. The van der Waals surface area contributed by atoms with Gasteiger partial charge in [0.25, 0.3) is 0 Å². The van der Waals surface area contributed by atoms with Crippen molar-refractivity contribution in [1.82, 2.24) is 34.7 Å². The number of likely N-dealkylation sites (N-methyl/N-ethyl adjacent to an activating group) is 1. The minimum Gasteiger partial charge on any atom is -0.387 e. The number of fused-ring (bicyclic) bond motifs is 1. The van der Waals surface area contributed by atoms with E-state index in [0.717, 1.165) is 11.3 Å². The van der Waals surface area contributed by atoms with E-state index in [1.54, 1.807) is 10.1 Å². The number of aliphatic hydroxyl groups excluding tert-OH is 2. The minimum atomic E-state index is -1.16. The number of aromatic nitrogens is 5. The molecule has 0 spiro atoms. The molecule has 3 aromatic heterocycles. The third-order valence-corrected chi connectivity index (χ3v) is 6.95. The number of thiazole rings is 1. The van der Waals surface area contributed by atoms with Crippen molar-refractivity contribution in [2.45, 2.75) is 31.0 Å². The number of aliphatic hydroxyl groups is 2. The molecule has 200 valence electrons. The number of urea groups is 1. The van der Waals surface area contributed by atoms with Crippen LogP contribution in [-0.2, 0) is 4.74 Å². The largest absolute Gasteiger partial charge is 0.387 e. The van der Waals surface area contributed by atoms with Crippen molar-refractivity contribution in [2.24, 2.45) is 0 Å². The second-order valence-corrected chi connectivity index (χ2v) is 9.80. The summed E-state index contributed by atoms with van der Waals surface area (Å²) >= 11 is 1.54. The Kier molecular flexibility index (Phi) is 7.76. The Bertz CT molecular complexity index is 1370. The molecular weight excluding hydrogens is 510 g/mol. The van der Waals surface area contributed by atoms with Crippen molar-refractivity contribution in [2.75, 3.05) is 37.7 Å². The number of carbonyl (C=O) groups is 1. The quantitative estimate of drug-likeness (QED) is 0.195. The molecule has 0 aliphatic carbocycles. The molecule has 6 N–H and O–H groups in total. The molecule has 14 heteroatoms. The van der Waals surface area contributed by atoms with Crippen molar-refractivity contribution >= 4 is 40.0 Å². The number of hydrogen-bond donors (Lipinski definition) is 5. The number of carbonyl (C=O) groups excluding carboxylic acids is 1. The first-order chi connectivity index (χ1) is 18.4. The Morgan fingerprint density at radius 2 is 2.00 bits per heavy atom. The van der Waals surface area contributed by atoms with Crippen LogP contribution in [-0.4, -0.2) is 90.6 Å². The maximum absolute atomic E-state index is 12.2. The summed E-state index contributed by atoms with van der Waals surface area (Å²) in [6, 6.07) is 7.22. The third kappa shape index (κ3) is 5.58. The van der Waals surface area contributed by atoms with Gasteiger partial charge in [-0.3, -0.25) is 4.57 Å². The fourth-order valence-electron chi connectivity index (χ4n) is 4.37. The van der Waals surface area contributed by atoms with E-state index in [1.807, 2.05) is 41.6 Å². The summed E-state index contributed by atoms with van der Waals surface area (Å²) in [5.74, 6) is 0.227. The summed E-state index contributed by atoms with van der Waals surface area (Å²) < 4.78 is 7.54. The van der Waals surface area contributed by atoms with E-state index < -0.39 is 24.5 Å². The van der Waals surface area contributed by atoms with Gasteiger partial charge < -0.3 is 36.2 Å². The maximum Gasteiger partial charge on any atom is 0.319 e. The van der Waals surface area contributed by atoms with Gasteiger partial charge in [-0.05, 0) is 32.1 Å². The number of nitrogens with two attached hydrogens (primary N) is 1. The number of imidazole rings is 1. The first-order valence-electron chi connectivity index (χ1n) is 12.1. The number of nitrogens with one attached hydrogen (secondary N) is 2. The molecule has 4 atom stereocenters. The van der Waals surface area contributed by atoms with E-state index in [9.17, 15) is 15.0 Å². The van der Waals surface area contributed by atoms with Crippen molar-refractivity contribution in [3.8, 4) is 11.3 Å². The molecule has 4 unspecified atom stereocenters. The van der Waals surface area contributed by atoms with Crippen LogP contribution in [0.2, 0.25) is 0 Å². The number of amides is 2. The zero-order chi connectivity index (χ0) is 26.6. The van der Waals surface area contributed by atoms with Gasteiger partial charge in [-0.25, -0.2) is 24.7 Å². The van der Waals surface area contributed by atoms with Crippen LogP contribution in [0.3, 0.4) is 0 Å². The van der Waals surface area contributed by atoms with E-state index in [2.05, 4.69) is 30.6 Å². The molecule has 1 saturated heterocycles. The molecule has 13 nitrogen and oxygen atoms in total. The van der Waals surface area contributed by atoms with Crippen LogP contribution in [0.5, 0.6) is 0 Å².